The summed E-state index contributed by atoms with van der Waals surface area (Å²) in [4.78, 5) is 17.9. The molecule has 0 radical (unpaired) electrons. The first-order valence-electron chi connectivity index (χ1n) is 5.59. The molecule has 18 heavy (non-hydrogen) atoms. The minimum absolute atomic E-state index is 0.145. The Balaban J connectivity index is 2.21. The van der Waals surface area contributed by atoms with Crippen molar-refractivity contribution in [2.75, 3.05) is 11.1 Å². The van der Waals surface area contributed by atoms with Gasteiger partial charge in [0.1, 0.15) is 0 Å². The molecule has 0 atom stereocenters. The van der Waals surface area contributed by atoms with Crippen LogP contribution in [0.25, 0.3) is 0 Å². The van der Waals surface area contributed by atoms with Gasteiger partial charge in [0.15, 0.2) is 0 Å². The van der Waals surface area contributed by atoms with Crippen LogP contribution in [0.1, 0.15) is 25.9 Å². The maximum absolute atomic E-state index is 12.0. The summed E-state index contributed by atoms with van der Waals surface area (Å²) in [6.07, 6.45) is 0. The lowest BCUT2D eigenvalue weighted by atomic mass is 10.2. The molecule has 2 aromatic rings. The van der Waals surface area contributed by atoms with Gasteiger partial charge in [-0.2, -0.15) is 0 Å². The zero-order chi connectivity index (χ0) is 13.3. The van der Waals surface area contributed by atoms with E-state index in [-0.39, 0.29) is 5.91 Å². The molecule has 0 bridgehead atoms. The van der Waals surface area contributed by atoms with Gasteiger partial charge in [0.2, 0.25) is 0 Å². The van der Waals surface area contributed by atoms with Crippen LogP contribution in [0, 0.1) is 20.8 Å². The highest BCUT2D eigenvalue weighted by molar-refractivity contribution is 7.14. The number of aryl methyl sites for hydroxylation is 3. The molecule has 0 saturated carbocycles. The van der Waals surface area contributed by atoms with Crippen LogP contribution in [-0.2, 0) is 0 Å². The van der Waals surface area contributed by atoms with Crippen LogP contribution in [0.15, 0.2) is 18.2 Å². The van der Waals surface area contributed by atoms with Crippen LogP contribution >= 0.6 is 11.3 Å². The Morgan fingerprint density at radius 2 is 2.06 bits per heavy atom. The van der Waals surface area contributed by atoms with Gasteiger partial charge in [-0.3, -0.25) is 9.78 Å². The van der Waals surface area contributed by atoms with Crippen LogP contribution in [0.4, 0.5) is 11.4 Å². The monoisotopic (exact) mass is 261 g/mol. The van der Waals surface area contributed by atoms with E-state index in [0.717, 1.165) is 22.0 Å². The Kier molecular flexibility index (Phi) is 3.34. The molecule has 0 aliphatic carbocycles. The summed E-state index contributed by atoms with van der Waals surface area (Å²) in [5.41, 5.74) is 8.87. The van der Waals surface area contributed by atoms with Crippen molar-refractivity contribution in [2.45, 2.75) is 20.8 Å². The van der Waals surface area contributed by atoms with Crippen LogP contribution < -0.4 is 11.1 Å². The molecule has 0 unspecified atom stereocenters. The third kappa shape index (κ3) is 2.51. The average molecular weight is 261 g/mol. The maximum atomic E-state index is 12.0. The summed E-state index contributed by atoms with van der Waals surface area (Å²) in [5, 5.41) is 2.85. The summed E-state index contributed by atoms with van der Waals surface area (Å²) in [6, 6.07) is 5.43. The Bertz CT molecular complexity index is 585. The number of rotatable bonds is 2. The molecule has 0 aliphatic rings. The fraction of sp³-hybridized carbons (Fsp3) is 0.231. The normalized spacial score (nSPS) is 10.4. The fourth-order valence-electron chi connectivity index (χ4n) is 1.61. The van der Waals surface area contributed by atoms with Crippen molar-refractivity contribution in [3.05, 3.63) is 39.3 Å². The Morgan fingerprint density at radius 1 is 1.33 bits per heavy atom. The smallest absolute Gasteiger partial charge is 0.265 e. The number of hydrogen-bond donors (Lipinski definition) is 2. The number of hydrogen-bond acceptors (Lipinski definition) is 4. The molecule has 1 amide bonds. The molecule has 94 valence electrons. The Morgan fingerprint density at radius 3 is 2.61 bits per heavy atom. The SMILES string of the molecule is Cc1ccc(NC(=O)c2cc(N)c(C)s2)c(C)n1. The molecule has 0 fully saturated rings. The second-order valence-corrected chi connectivity index (χ2v) is 5.42. The zero-order valence-electron chi connectivity index (χ0n) is 10.6. The molecule has 2 aromatic heterocycles. The first-order chi connectivity index (χ1) is 8.47. The van der Waals surface area contributed by atoms with Crippen molar-refractivity contribution >= 4 is 28.6 Å². The second kappa shape index (κ2) is 4.78. The molecule has 0 aromatic carbocycles. The predicted molar refractivity (Wildman–Crippen MR) is 75.1 cm³/mol. The molecular formula is C13H15N3OS. The van der Waals surface area contributed by atoms with E-state index in [0.29, 0.717) is 10.6 Å². The number of pyridine rings is 1. The molecular weight excluding hydrogens is 246 g/mol. The van der Waals surface area contributed by atoms with Crippen LogP contribution in [0.2, 0.25) is 0 Å². The first kappa shape index (κ1) is 12.6. The van der Waals surface area contributed by atoms with Gasteiger partial charge in [0.05, 0.1) is 16.3 Å². The highest BCUT2D eigenvalue weighted by Crippen LogP contribution is 2.24. The second-order valence-electron chi connectivity index (χ2n) is 4.16. The highest BCUT2D eigenvalue weighted by atomic mass is 32.1. The molecule has 0 aliphatic heterocycles. The number of amides is 1. The van der Waals surface area contributed by atoms with E-state index < -0.39 is 0 Å². The van der Waals surface area contributed by atoms with Crippen molar-refractivity contribution in [1.29, 1.82) is 0 Å². The van der Waals surface area contributed by atoms with Gasteiger partial charge in [-0.1, -0.05) is 0 Å². The van der Waals surface area contributed by atoms with E-state index in [2.05, 4.69) is 10.3 Å². The lowest BCUT2D eigenvalue weighted by Gasteiger charge is -2.07. The van der Waals surface area contributed by atoms with Crippen molar-refractivity contribution in [2.24, 2.45) is 0 Å². The maximum Gasteiger partial charge on any atom is 0.265 e. The standard InChI is InChI=1S/C13H15N3OS/c1-7-4-5-11(8(2)15-7)16-13(17)12-6-10(14)9(3)18-12/h4-6H,14H2,1-3H3,(H,16,17). The van der Waals surface area contributed by atoms with E-state index in [4.69, 9.17) is 5.73 Å². The number of carbonyl (C=O) groups excluding carboxylic acids is 1. The van der Waals surface area contributed by atoms with E-state index in [1.54, 1.807) is 6.07 Å². The topological polar surface area (TPSA) is 68.0 Å². The number of anilines is 2. The van der Waals surface area contributed by atoms with Gasteiger partial charge in [0.25, 0.3) is 5.91 Å². The Hall–Kier alpha value is -1.88. The molecule has 3 N–H and O–H groups in total. The molecule has 0 spiro atoms. The number of nitrogens with zero attached hydrogens (tertiary/aromatic N) is 1. The minimum Gasteiger partial charge on any atom is -0.398 e. The van der Waals surface area contributed by atoms with E-state index in [1.807, 2.05) is 32.9 Å². The minimum atomic E-state index is -0.145. The highest BCUT2D eigenvalue weighted by Gasteiger charge is 2.12. The van der Waals surface area contributed by atoms with E-state index in [9.17, 15) is 4.79 Å². The van der Waals surface area contributed by atoms with E-state index in [1.165, 1.54) is 11.3 Å². The van der Waals surface area contributed by atoms with Gasteiger partial charge >= 0.3 is 0 Å². The number of thiophene rings is 1. The molecule has 2 heterocycles. The summed E-state index contributed by atoms with van der Waals surface area (Å²) in [5.74, 6) is -0.145. The number of aromatic nitrogens is 1. The fourth-order valence-corrected chi connectivity index (χ4v) is 2.45. The van der Waals surface area contributed by atoms with Gasteiger partial charge in [-0.15, -0.1) is 11.3 Å². The third-order valence-corrected chi connectivity index (χ3v) is 3.72. The van der Waals surface area contributed by atoms with E-state index >= 15 is 0 Å². The van der Waals surface area contributed by atoms with Crippen LogP contribution in [0.3, 0.4) is 0 Å². The molecule has 4 nitrogen and oxygen atoms in total. The zero-order valence-corrected chi connectivity index (χ0v) is 11.4. The van der Waals surface area contributed by atoms with Gasteiger partial charge in [-0.25, -0.2) is 0 Å². The summed E-state index contributed by atoms with van der Waals surface area (Å²) in [6.45, 7) is 5.69. The Labute approximate surface area is 110 Å². The van der Waals surface area contributed by atoms with Crippen molar-refractivity contribution in [1.82, 2.24) is 4.98 Å². The van der Waals surface area contributed by atoms with Gasteiger partial charge < -0.3 is 11.1 Å². The molecule has 0 saturated heterocycles. The van der Waals surface area contributed by atoms with Crippen molar-refractivity contribution in [3.63, 3.8) is 0 Å². The van der Waals surface area contributed by atoms with Crippen LogP contribution in [-0.4, -0.2) is 10.9 Å². The first-order valence-corrected chi connectivity index (χ1v) is 6.40. The van der Waals surface area contributed by atoms with Gasteiger partial charge in [-0.05, 0) is 39.0 Å². The number of carbonyl (C=O) groups is 1. The van der Waals surface area contributed by atoms with Crippen molar-refractivity contribution < 1.29 is 4.79 Å². The summed E-state index contributed by atoms with van der Waals surface area (Å²) >= 11 is 1.39. The quantitative estimate of drug-likeness (QED) is 0.873. The molecule has 2 rings (SSSR count). The number of nitrogens with two attached hydrogens (primary N) is 1. The predicted octanol–water partition coefficient (Wildman–Crippen LogP) is 2.90. The molecule has 5 heteroatoms. The van der Waals surface area contributed by atoms with Gasteiger partial charge in [0, 0.05) is 16.3 Å². The largest absolute Gasteiger partial charge is 0.398 e. The number of nitrogens with one attached hydrogen (secondary N) is 1. The lowest BCUT2D eigenvalue weighted by Crippen LogP contribution is -2.11. The van der Waals surface area contributed by atoms with Crippen molar-refractivity contribution in [3.8, 4) is 0 Å². The third-order valence-electron chi connectivity index (χ3n) is 2.65. The summed E-state index contributed by atoms with van der Waals surface area (Å²) < 4.78 is 0. The lowest BCUT2D eigenvalue weighted by molar-refractivity contribution is 0.103. The number of nitrogen functional groups attached to an aromatic ring is 1. The van der Waals surface area contributed by atoms with Crippen LogP contribution in [0.5, 0.6) is 0 Å². The summed E-state index contributed by atoms with van der Waals surface area (Å²) in [7, 11) is 0. The average Bonchev–Trinajstić information content (AvgIpc) is 2.63.